The minimum Gasteiger partial charge on any atom is -0.479 e. The summed E-state index contributed by atoms with van der Waals surface area (Å²) in [6.07, 6.45) is -0.929. The van der Waals surface area contributed by atoms with Crippen molar-refractivity contribution in [2.24, 2.45) is 5.73 Å². The molecule has 4 aromatic rings. The first kappa shape index (κ1) is 61.2. The molecule has 0 aliphatic carbocycles. The Morgan fingerprint density at radius 1 is 0.685 bits per heavy atom. The van der Waals surface area contributed by atoms with Gasteiger partial charge >= 0.3 is 18.2 Å². The van der Waals surface area contributed by atoms with E-state index in [0.29, 0.717) is 38.8 Å². The van der Waals surface area contributed by atoms with Gasteiger partial charge in [0.25, 0.3) is 0 Å². The monoisotopic (exact) mass is 1080 g/mol. The Morgan fingerprint density at radius 2 is 1.11 bits per heavy atom. The highest BCUT2D eigenvalue weighted by Gasteiger charge is 2.42. The number of nitriles is 2. The Kier molecular flexibility index (Phi) is 24.7. The number of carbonyl (C=O) groups is 6. The Hall–Kier alpha value is -7.92. The van der Waals surface area contributed by atoms with E-state index in [4.69, 9.17) is 29.4 Å². The molecule has 0 fully saturated rings. The molecule has 0 aliphatic rings. The number of carboxylic acids is 1. The van der Waals surface area contributed by atoms with Gasteiger partial charge in [-0.1, -0.05) is 59.7 Å². The van der Waals surface area contributed by atoms with Crippen LogP contribution in [0.1, 0.15) is 43.5 Å². The maximum atomic E-state index is 13.4. The van der Waals surface area contributed by atoms with E-state index >= 15 is 0 Å². The molecule has 0 saturated carbocycles. The second-order valence-electron chi connectivity index (χ2n) is 15.6. The standard InChI is InChI=1S/C23H25N5O6S2.C15H18N2O6S.C8H9N3OS/c1-25-17-6-4-5-16(11-17)12-23(28-22(31)34-2,9-10-36(3,32)33)21(30)27-15-20(29)26-14-19-8-7-18(13-24)35-19;1-16-12-6-4-5-11(9-12)10-15(13(18)19,17-14(20)23-2)7-8-24(3,21)22;9-3-6-1-2-7(13-6)5-11-8(12)4-10/h4-8,11H,9-10,12,14-15H2,2-3H3,(H,26,29)(H,27,30)(H,28,31);4-6,9H,7-8,10H2,2-3H3,(H,17,20)(H,18,19);1-2H,4-5,10H2,(H,11,12). The summed E-state index contributed by atoms with van der Waals surface area (Å²) >= 11 is 2.59. The van der Waals surface area contributed by atoms with Crippen LogP contribution in [-0.4, -0.2) is 120 Å². The summed E-state index contributed by atoms with van der Waals surface area (Å²) in [7, 11) is -4.79. The van der Waals surface area contributed by atoms with Gasteiger partial charge in [0.2, 0.25) is 17.7 Å². The lowest BCUT2D eigenvalue weighted by Gasteiger charge is -2.33. The predicted octanol–water partition coefficient (Wildman–Crippen LogP) is 3.26. The first-order chi connectivity index (χ1) is 34.4. The van der Waals surface area contributed by atoms with Crippen LogP contribution < -0.4 is 32.3 Å². The van der Waals surface area contributed by atoms with Crippen molar-refractivity contribution in [2.75, 3.05) is 51.3 Å². The van der Waals surface area contributed by atoms with Gasteiger partial charge in [-0.25, -0.2) is 40.9 Å². The number of hydrogen-bond acceptors (Lipinski definition) is 17. The van der Waals surface area contributed by atoms with Crippen LogP contribution in [0.2, 0.25) is 0 Å². The van der Waals surface area contributed by atoms with Gasteiger partial charge < -0.3 is 46.9 Å². The minimum atomic E-state index is -3.53. The number of alkyl carbamates (subject to hydrolysis) is 2. The molecule has 2 aromatic carbocycles. The molecule has 4 rings (SSSR count). The van der Waals surface area contributed by atoms with Crippen molar-refractivity contribution >= 4 is 89.6 Å². The van der Waals surface area contributed by atoms with Crippen LogP contribution in [0.3, 0.4) is 0 Å². The third-order valence-corrected chi connectivity index (χ3v) is 13.7. The summed E-state index contributed by atoms with van der Waals surface area (Å²) in [6.45, 7) is 14.4. The van der Waals surface area contributed by atoms with E-state index in [2.05, 4.69) is 45.7 Å². The predicted molar refractivity (Wildman–Crippen MR) is 269 cm³/mol. The summed E-state index contributed by atoms with van der Waals surface area (Å²) in [6, 6.07) is 23.5. The highest BCUT2D eigenvalue weighted by atomic mass is 32.2. The Morgan fingerprint density at radius 3 is 1.49 bits per heavy atom. The first-order valence-electron chi connectivity index (χ1n) is 21.1. The van der Waals surface area contributed by atoms with E-state index in [1.807, 2.05) is 18.2 Å². The van der Waals surface area contributed by atoms with E-state index < -0.39 is 78.8 Å². The molecular formula is C46H52N10O13S4. The zero-order valence-electron chi connectivity index (χ0n) is 39.8. The summed E-state index contributed by atoms with van der Waals surface area (Å²) in [5.41, 5.74) is 3.05. The zero-order chi connectivity index (χ0) is 54.8. The highest BCUT2D eigenvalue weighted by molar-refractivity contribution is 7.90. The highest BCUT2D eigenvalue weighted by Crippen LogP contribution is 2.25. The van der Waals surface area contributed by atoms with Crippen LogP contribution in [0.4, 0.5) is 21.0 Å². The molecule has 5 amide bonds. The van der Waals surface area contributed by atoms with Gasteiger partial charge in [0.15, 0.2) is 11.4 Å². The first-order valence-corrected chi connectivity index (χ1v) is 26.9. The molecule has 2 atom stereocenters. The fourth-order valence-electron chi connectivity index (χ4n) is 6.16. The van der Waals surface area contributed by atoms with Crippen molar-refractivity contribution in [3.63, 3.8) is 0 Å². The molecule has 0 aliphatic heterocycles. The number of nitrogens with zero attached hydrogens (tertiary/aromatic N) is 4. The van der Waals surface area contributed by atoms with Gasteiger partial charge in [0.05, 0.1) is 65.0 Å². The number of benzene rings is 2. The fourth-order valence-corrected chi connectivity index (χ4v) is 9.09. The third-order valence-electron chi connectivity index (χ3n) is 9.85. The van der Waals surface area contributed by atoms with Crippen LogP contribution in [-0.2, 0) is 74.3 Å². The number of sulfone groups is 2. The lowest BCUT2D eigenvalue weighted by atomic mass is 9.86. The number of carboxylic acid groups (broad SMARTS) is 1. The van der Waals surface area contributed by atoms with Gasteiger partial charge in [-0.15, -0.1) is 22.7 Å². The van der Waals surface area contributed by atoms with Gasteiger partial charge in [-0.2, -0.15) is 10.5 Å². The average Bonchev–Trinajstić information content (AvgIpc) is 4.04. The molecule has 0 spiro atoms. The van der Waals surface area contributed by atoms with Crippen molar-refractivity contribution in [1.29, 1.82) is 10.5 Å². The molecule has 73 heavy (non-hydrogen) atoms. The number of nitrogens with one attached hydrogen (secondary N) is 5. The zero-order valence-corrected chi connectivity index (χ0v) is 43.1. The normalized spacial score (nSPS) is 12.1. The Labute approximate surface area is 430 Å². The van der Waals surface area contributed by atoms with Crippen LogP contribution in [0.25, 0.3) is 9.69 Å². The van der Waals surface area contributed by atoms with Crippen molar-refractivity contribution in [2.45, 2.75) is 49.9 Å². The molecule has 23 nitrogen and oxygen atoms in total. The van der Waals surface area contributed by atoms with Crippen LogP contribution in [0.15, 0.2) is 72.8 Å². The van der Waals surface area contributed by atoms with Gasteiger partial charge in [-0.05, 0) is 37.1 Å². The largest absolute Gasteiger partial charge is 0.479 e. The summed E-state index contributed by atoms with van der Waals surface area (Å²) in [4.78, 5) is 81.5. The van der Waals surface area contributed by atoms with Crippen molar-refractivity contribution in [1.82, 2.24) is 26.6 Å². The summed E-state index contributed by atoms with van der Waals surface area (Å²) in [5, 5.41) is 39.4. The SMILES string of the molecule is N#Cc1ccc(CNC(=O)CN)s1.[C-]#[N+]c1cccc(CC(CCS(C)(=O)=O)(NC(=O)OC)C(=O)NCC(=O)NCc2ccc(C#N)s2)c1.[C-]#[N+]c1cccc(CC(CCS(C)(=O)=O)(NC(=O)OC)C(=O)O)c1. The molecule has 8 N–H and O–H groups in total. The topological polar surface area (TPSA) is 352 Å². The molecule has 2 unspecified atom stereocenters. The van der Waals surface area contributed by atoms with Crippen LogP contribution in [0, 0.1) is 35.8 Å². The molecule has 2 aromatic heterocycles. The molecule has 388 valence electrons. The number of thiophene rings is 2. The number of ether oxygens (including phenoxy) is 2. The van der Waals surface area contributed by atoms with E-state index in [9.17, 15) is 50.7 Å². The number of aliphatic carboxylic acids is 1. The number of amides is 5. The second-order valence-corrected chi connectivity index (χ2v) is 22.4. The summed E-state index contributed by atoms with van der Waals surface area (Å²) < 4.78 is 55.8. The molecule has 27 heteroatoms. The van der Waals surface area contributed by atoms with Crippen molar-refractivity contribution in [3.8, 4) is 12.1 Å². The van der Waals surface area contributed by atoms with Crippen molar-refractivity contribution < 1.29 is 60.2 Å². The second kappa shape index (κ2) is 29.4. The van der Waals surface area contributed by atoms with Crippen LogP contribution in [0.5, 0.6) is 0 Å². The third kappa shape index (κ3) is 22.4. The van der Waals surface area contributed by atoms with Gasteiger partial charge in [0.1, 0.15) is 52.6 Å². The lowest BCUT2D eigenvalue weighted by molar-refractivity contribution is -0.144. The number of nitrogens with two attached hydrogens (primary N) is 1. The van der Waals surface area contributed by atoms with E-state index in [1.165, 1.54) is 34.8 Å². The number of carbonyl (C=O) groups excluding carboxylic acids is 5. The Balaban J connectivity index is 0.000000421. The molecule has 0 bridgehead atoms. The van der Waals surface area contributed by atoms with Crippen molar-refractivity contribution in [3.05, 3.63) is 126 Å². The minimum absolute atomic E-state index is 0.00349. The van der Waals surface area contributed by atoms with E-state index in [-0.39, 0.29) is 44.7 Å². The smallest absolute Gasteiger partial charge is 0.407 e. The quantitative estimate of drug-likeness (QED) is 0.0589. The average molecular weight is 1080 g/mol. The maximum absolute atomic E-state index is 13.4. The van der Waals surface area contributed by atoms with E-state index in [1.54, 1.807) is 54.6 Å². The number of rotatable bonds is 21. The van der Waals surface area contributed by atoms with E-state index in [0.717, 1.165) is 36.5 Å². The molecule has 0 saturated heterocycles. The number of methoxy groups -OCH3 is 2. The molecule has 2 heterocycles. The molecular weight excluding hydrogens is 1030 g/mol. The summed E-state index contributed by atoms with van der Waals surface area (Å²) in [5.74, 6) is -3.75. The fraction of sp³-hybridized carbons (Fsp3) is 0.348. The maximum Gasteiger partial charge on any atom is 0.407 e. The van der Waals surface area contributed by atoms with Gasteiger partial charge in [-0.3, -0.25) is 14.4 Å². The van der Waals surface area contributed by atoms with Gasteiger partial charge in [0, 0.05) is 35.1 Å². The van der Waals surface area contributed by atoms with Crippen LogP contribution >= 0.6 is 22.7 Å². The lowest BCUT2D eigenvalue weighted by Crippen LogP contribution is -2.61. The molecule has 0 radical (unpaired) electrons. The Bertz CT molecular complexity index is 3010. The number of hydrogen-bond donors (Lipinski definition) is 7.